The fourth-order valence-corrected chi connectivity index (χ4v) is 3.78. The zero-order valence-electron chi connectivity index (χ0n) is 8.95. The highest BCUT2D eigenvalue weighted by molar-refractivity contribution is 9.11. The molecule has 0 bridgehead atoms. The molecule has 2 rings (SSSR count). The molecule has 0 radical (unpaired) electrons. The summed E-state index contributed by atoms with van der Waals surface area (Å²) >= 11 is 5.31. The van der Waals surface area contributed by atoms with E-state index >= 15 is 0 Å². The van der Waals surface area contributed by atoms with E-state index in [1.807, 2.05) is 0 Å². The summed E-state index contributed by atoms with van der Waals surface area (Å²) < 4.78 is 1.20. The Bertz CT molecular complexity index is 326. The second kappa shape index (κ2) is 4.95. The van der Waals surface area contributed by atoms with Gasteiger partial charge in [0.15, 0.2) is 0 Å². The molecule has 1 saturated heterocycles. The third-order valence-electron chi connectivity index (χ3n) is 3.04. The number of halogens is 1. The molecule has 4 heteroatoms. The van der Waals surface area contributed by atoms with Crippen LogP contribution >= 0.6 is 27.3 Å². The van der Waals surface area contributed by atoms with E-state index in [-0.39, 0.29) is 0 Å². The molecule has 84 valence electrons. The molecule has 0 aliphatic carbocycles. The van der Waals surface area contributed by atoms with Gasteiger partial charge >= 0.3 is 0 Å². The van der Waals surface area contributed by atoms with Crippen LogP contribution in [0, 0.1) is 5.92 Å². The number of thiophene rings is 1. The Balaban J connectivity index is 2.10. The van der Waals surface area contributed by atoms with E-state index in [1.165, 1.54) is 28.2 Å². The molecule has 1 aliphatic heterocycles. The van der Waals surface area contributed by atoms with Crippen molar-refractivity contribution >= 4 is 27.3 Å². The van der Waals surface area contributed by atoms with E-state index in [0.29, 0.717) is 6.04 Å². The van der Waals surface area contributed by atoms with Crippen LogP contribution in [0.1, 0.15) is 24.3 Å². The Morgan fingerprint density at radius 1 is 1.67 bits per heavy atom. The SMILES string of the molecule is CC1CCN(C(CN)c2ccc(Br)s2)C1. The second-order valence-corrected chi connectivity index (χ2v) is 6.78. The van der Waals surface area contributed by atoms with Gasteiger partial charge in [0.05, 0.1) is 9.83 Å². The maximum absolute atomic E-state index is 5.89. The molecule has 1 aromatic rings. The minimum atomic E-state index is 0.422. The molecule has 2 atom stereocenters. The van der Waals surface area contributed by atoms with Crippen LogP contribution in [0.5, 0.6) is 0 Å². The number of nitrogens with zero attached hydrogens (tertiary/aromatic N) is 1. The maximum atomic E-state index is 5.89. The van der Waals surface area contributed by atoms with E-state index in [9.17, 15) is 0 Å². The molecule has 2 heterocycles. The monoisotopic (exact) mass is 288 g/mol. The Hall–Kier alpha value is 0.1000. The highest BCUT2D eigenvalue weighted by Crippen LogP contribution is 2.32. The number of nitrogens with two attached hydrogens (primary N) is 1. The lowest BCUT2D eigenvalue weighted by Gasteiger charge is -2.25. The van der Waals surface area contributed by atoms with Crippen molar-refractivity contribution in [1.29, 1.82) is 0 Å². The highest BCUT2D eigenvalue weighted by atomic mass is 79.9. The fraction of sp³-hybridized carbons (Fsp3) is 0.636. The summed E-state index contributed by atoms with van der Waals surface area (Å²) in [6.45, 7) is 5.42. The largest absolute Gasteiger partial charge is 0.329 e. The normalized spacial score (nSPS) is 24.6. The summed E-state index contributed by atoms with van der Waals surface area (Å²) in [4.78, 5) is 3.90. The van der Waals surface area contributed by atoms with Crippen molar-refractivity contribution in [2.45, 2.75) is 19.4 Å². The van der Waals surface area contributed by atoms with Gasteiger partial charge in [0.25, 0.3) is 0 Å². The van der Waals surface area contributed by atoms with Crippen LogP contribution in [0.15, 0.2) is 15.9 Å². The molecule has 0 aromatic carbocycles. The lowest BCUT2D eigenvalue weighted by molar-refractivity contribution is 0.247. The maximum Gasteiger partial charge on any atom is 0.0702 e. The molecule has 0 saturated carbocycles. The van der Waals surface area contributed by atoms with Gasteiger partial charge in [-0.15, -0.1) is 11.3 Å². The molecule has 15 heavy (non-hydrogen) atoms. The first-order chi connectivity index (χ1) is 7.20. The van der Waals surface area contributed by atoms with E-state index in [1.54, 1.807) is 11.3 Å². The fourth-order valence-electron chi connectivity index (χ4n) is 2.20. The van der Waals surface area contributed by atoms with Crippen LogP contribution < -0.4 is 5.73 Å². The average Bonchev–Trinajstić information content (AvgIpc) is 2.78. The zero-order valence-corrected chi connectivity index (χ0v) is 11.4. The molecule has 2 nitrogen and oxygen atoms in total. The summed E-state index contributed by atoms with van der Waals surface area (Å²) in [5.74, 6) is 0.822. The van der Waals surface area contributed by atoms with Gasteiger partial charge in [0.1, 0.15) is 0 Å². The Morgan fingerprint density at radius 2 is 2.47 bits per heavy atom. The van der Waals surface area contributed by atoms with Crippen LogP contribution in [0.3, 0.4) is 0 Å². The molecule has 0 amide bonds. The first-order valence-corrected chi connectivity index (χ1v) is 7.01. The molecule has 1 fully saturated rings. The van der Waals surface area contributed by atoms with Crippen LogP contribution in [-0.4, -0.2) is 24.5 Å². The Labute approximate surface area is 104 Å². The lowest BCUT2D eigenvalue weighted by Crippen LogP contribution is -2.31. The van der Waals surface area contributed by atoms with Gasteiger partial charge in [0.2, 0.25) is 0 Å². The number of hydrogen-bond donors (Lipinski definition) is 1. The molecule has 1 aromatic heterocycles. The number of rotatable bonds is 3. The molecular formula is C11H17BrN2S. The summed E-state index contributed by atoms with van der Waals surface area (Å²) in [6, 6.07) is 4.73. The Morgan fingerprint density at radius 3 is 2.93 bits per heavy atom. The predicted octanol–water partition coefficient (Wildman–Crippen LogP) is 2.85. The summed E-state index contributed by atoms with van der Waals surface area (Å²) in [7, 11) is 0. The van der Waals surface area contributed by atoms with Crippen molar-refractivity contribution in [2.75, 3.05) is 19.6 Å². The predicted molar refractivity (Wildman–Crippen MR) is 69.2 cm³/mol. The van der Waals surface area contributed by atoms with Crippen molar-refractivity contribution in [1.82, 2.24) is 4.90 Å². The standard InChI is InChI=1S/C11H17BrN2S/c1-8-4-5-14(7-8)9(6-13)10-2-3-11(12)15-10/h2-3,8-9H,4-7,13H2,1H3. The molecular weight excluding hydrogens is 272 g/mol. The second-order valence-electron chi connectivity index (χ2n) is 4.28. The van der Waals surface area contributed by atoms with Crippen molar-refractivity contribution < 1.29 is 0 Å². The third kappa shape index (κ3) is 2.61. The van der Waals surface area contributed by atoms with Crippen LogP contribution in [-0.2, 0) is 0 Å². The molecule has 2 N–H and O–H groups in total. The van der Waals surface area contributed by atoms with Crippen LogP contribution in [0.25, 0.3) is 0 Å². The van der Waals surface area contributed by atoms with Gasteiger partial charge in [-0.25, -0.2) is 0 Å². The van der Waals surface area contributed by atoms with E-state index < -0.39 is 0 Å². The first-order valence-electron chi connectivity index (χ1n) is 5.40. The van der Waals surface area contributed by atoms with Crippen molar-refractivity contribution in [3.8, 4) is 0 Å². The summed E-state index contributed by atoms with van der Waals surface area (Å²) in [6.07, 6.45) is 1.31. The molecule has 0 spiro atoms. The summed E-state index contributed by atoms with van der Waals surface area (Å²) in [5, 5.41) is 0. The van der Waals surface area contributed by atoms with Crippen LogP contribution in [0.4, 0.5) is 0 Å². The van der Waals surface area contributed by atoms with Crippen LogP contribution in [0.2, 0.25) is 0 Å². The third-order valence-corrected chi connectivity index (χ3v) is 4.77. The van der Waals surface area contributed by atoms with Gasteiger partial charge in [-0.05, 0) is 46.9 Å². The lowest BCUT2D eigenvalue weighted by atomic mass is 10.2. The summed E-state index contributed by atoms with van der Waals surface area (Å²) in [5.41, 5.74) is 5.89. The van der Waals surface area contributed by atoms with Gasteiger partial charge in [0, 0.05) is 18.0 Å². The van der Waals surface area contributed by atoms with Gasteiger partial charge in [-0.2, -0.15) is 0 Å². The van der Waals surface area contributed by atoms with Gasteiger partial charge < -0.3 is 5.73 Å². The number of hydrogen-bond acceptors (Lipinski definition) is 3. The van der Waals surface area contributed by atoms with Gasteiger partial charge in [-0.3, -0.25) is 4.90 Å². The first kappa shape index (κ1) is 11.6. The van der Waals surface area contributed by atoms with E-state index in [4.69, 9.17) is 5.73 Å². The zero-order chi connectivity index (χ0) is 10.8. The highest BCUT2D eigenvalue weighted by Gasteiger charge is 2.26. The molecule has 1 aliphatic rings. The van der Waals surface area contributed by atoms with Crippen molar-refractivity contribution in [2.24, 2.45) is 11.7 Å². The van der Waals surface area contributed by atoms with Gasteiger partial charge in [-0.1, -0.05) is 6.92 Å². The van der Waals surface area contributed by atoms with E-state index in [2.05, 4.69) is 39.9 Å². The van der Waals surface area contributed by atoms with E-state index in [0.717, 1.165) is 12.5 Å². The Kier molecular flexibility index (Phi) is 3.83. The molecule has 2 unspecified atom stereocenters. The average molecular weight is 289 g/mol. The quantitative estimate of drug-likeness (QED) is 0.927. The topological polar surface area (TPSA) is 29.3 Å². The smallest absolute Gasteiger partial charge is 0.0702 e. The minimum Gasteiger partial charge on any atom is -0.329 e. The number of likely N-dealkylation sites (tertiary alicyclic amines) is 1. The van der Waals surface area contributed by atoms with Crippen molar-refractivity contribution in [3.63, 3.8) is 0 Å². The minimum absolute atomic E-state index is 0.422. The van der Waals surface area contributed by atoms with Crippen molar-refractivity contribution in [3.05, 3.63) is 20.8 Å².